The number of benzene rings is 2. The molecule has 1 N–H and O–H groups in total. The van der Waals surface area contributed by atoms with Crippen LogP contribution in [0.2, 0.25) is 0 Å². The summed E-state index contributed by atoms with van der Waals surface area (Å²) in [6.07, 6.45) is -1.29. The number of carbonyl (C=O) groups is 2. The summed E-state index contributed by atoms with van der Waals surface area (Å²) in [6.45, 7) is 4.38. The number of alkyl carbamates (subject to hydrolysis) is 1. The third-order valence-corrected chi connectivity index (χ3v) is 6.18. The van der Waals surface area contributed by atoms with E-state index in [1.807, 2.05) is 74.5 Å². The topological polar surface area (TPSA) is 80.2 Å². The summed E-state index contributed by atoms with van der Waals surface area (Å²) >= 11 is 3.57. The van der Waals surface area contributed by atoms with Crippen LogP contribution in [0.5, 0.6) is 0 Å². The minimum atomic E-state index is -0.692. The molecule has 0 spiro atoms. The Balaban J connectivity index is 1.67. The van der Waals surface area contributed by atoms with Gasteiger partial charge in [-0.3, -0.25) is 10.3 Å². The fourth-order valence-corrected chi connectivity index (χ4v) is 3.27. The monoisotopic (exact) mass is 473 g/mol. The maximum atomic E-state index is 12.9. The summed E-state index contributed by atoms with van der Waals surface area (Å²) in [5, 5.41) is 2.59. The minimum absolute atomic E-state index is 0.104. The van der Waals surface area contributed by atoms with Crippen molar-refractivity contribution in [3.8, 4) is 0 Å². The number of halogens is 1. The van der Waals surface area contributed by atoms with Gasteiger partial charge in [-0.15, -0.1) is 0 Å². The van der Waals surface area contributed by atoms with Crippen molar-refractivity contribution in [2.24, 2.45) is 4.99 Å². The van der Waals surface area contributed by atoms with E-state index in [1.54, 1.807) is 0 Å². The van der Waals surface area contributed by atoms with E-state index < -0.39 is 17.7 Å². The Hall–Kier alpha value is -2.87. The Bertz CT molecular complexity index is 903. The summed E-state index contributed by atoms with van der Waals surface area (Å²) in [4.78, 5) is 30.8. The third-order valence-electron chi connectivity index (χ3n) is 4.77. The Morgan fingerprint density at radius 1 is 1.03 bits per heavy atom. The largest absolute Gasteiger partial charge is 0.444 e. The van der Waals surface area contributed by atoms with Crippen molar-refractivity contribution < 1.29 is 19.1 Å². The van der Waals surface area contributed by atoms with Gasteiger partial charge in [0.15, 0.2) is 0 Å². The Morgan fingerprint density at radius 2 is 1.57 bits per heavy atom. The highest BCUT2D eigenvalue weighted by atomic mass is 79.9. The molecule has 0 aliphatic carbocycles. The second-order valence-electron chi connectivity index (χ2n) is 7.35. The first-order chi connectivity index (χ1) is 14.4. The Labute approximate surface area is 184 Å². The Morgan fingerprint density at radius 3 is 2.13 bits per heavy atom. The standard InChI is InChI=1S/C22H24BrN3O4/c1-22(2)18(23)13-24-19(25-20(27)29-14-16-9-5-3-6-10-16)26(22)21(28)30-15-17-11-7-4-8-12-17/h3-12,18H,13-15H2,1-2H3,(H,24,25,27). The molecule has 1 heterocycles. The highest BCUT2D eigenvalue weighted by Gasteiger charge is 2.44. The van der Waals surface area contributed by atoms with E-state index in [9.17, 15) is 9.59 Å². The van der Waals surface area contributed by atoms with Crippen LogP contribution in [0.1, 0.15) is 25.0 Å². The zero-order chi connectivity index (χ0) is 21.6. The molecule has 0 bridgehead atoms. The normalized spacial score (nSPS) is 17.6. The van der Waals surface area contributed by atoms with Gasteiger partial charge in [-0.1, -0.05) is 76.6 Å². The molecular weight excluding hydrogens is 450 g/mol. The molecule has 2 amide bonds. The summed E-state index contributed by atoms with van der Waals surface area (Å²) < 4.78 is 10.7. The van der Waals surface area contributed by atoms with Gasteiger partial charge in [0.2, 0.25) is 5.96 Å². The maximum absolute atomic E-state index is 12.9. The fraction of sp³-hybridized carbons (Fsp3) is 0.318. The van der Waals surface area contributed by atoms with Crippen LogP contribution < -0.4 is 5.32 Å². The van der Waals surface area contributed by atoms with Crippen molar-refractivity contribution in [1.29, 1.82) is 0 Å². The minimum Gasteiger partial charge on any atom is -0.444 e. The number of hydrogen-bond donors (Lipinski definition) is 1. The average molecular weight is 474 g/mol. The van der Waals surface area contributed by atoms with Gasteiger partial charge < -0.3 is 9.47 Å². The number of alkyl halides is 1. The lowest BCUT2D eigenvalue weighted by Gasteiger charge is -2.43. The van der Waals surface area contributed by atoms with Crippen LogP contribution >= 0.6 is 15.9 Å². The SMILES string of the molecule is CC1(C)C(Br)CN=C(NC(=O)OCc2ccccc2)N1C(=O)OCc1ccccc1. The fourth-order valence-electron chi connectivity index (χ4n) is 2.93. The van der Waals surface area contributed by atoms with Crippen molar-refractivity contribution in [3.05, 3.63) is 71.8 Å². The number of nitrogens with zero attached hydrogens (tertiary/aromatic N) is 2. The van der Waals surface area contributed by atoms with E-state index in [2.05, 4.69) is 26.2 Å². The lowest BCUT2D eigenvalue weighted by atomic mass is 9.97. The molecule has 8 heteroatoms. The summed E-state index contributed by atoms with van der Waals surface area (Å²) in [5.74, 6) is 0.104. The van der Waals surface area contributed by atoms with Gasteiger partial charge in [0, 0.05) is 0 Å². The van der Waals surface area contributed by atoms with E-state index in [4.69, 9.17) is 9.47 Å². The van der Waals surface area contributed by atoms with Gasteiger partial charge in [0.1, 0.15) is 13.2 Å². The molecule has 0 saturated carbocycles. The second kappa shape index (κ2) is 9.75. The molecule has 30 heavy (non-hydrogen) atoms. The number of aliphatic imine (C=N–C) groups is 1. The number of rotatable bonds is 4. The maximum Gasteiger partial charge on any atom is 0.417 e. The highest BCUT2D eigenvalue weighted by molar-refractivity contribution is 9.09. The zero-order valence-electron chi connectivity index (χ0n) is 16.9. The van der Waals surface area contributed by atoms with Crippen molar-refractivity contribution in [2.75, 3.05) is 6.54 Å². The second-order valence-corrected chi connectivity index (χ2v) is 8.45. The first kappa shape index (κ1) is 21.8. The third kappa shape index (κ3) is 5.38. The molecule has 2 aromatic rings. The predicted molar refractivity (Wildman–Crippen MR) is 117 cm³/mol. The molecule has 1 atom stereocenters. The summed E-state index contributed by atoms with van der Waals surface area (Å²) in [5.41, 5.74) is 1.04. The number of carbonyl (C=O) groups excluding carboxylic acids is 2. The van der Waals surface area contributed by atoms with Gasteiger partial charge in [-0.05, 0) is 25.0 Å². The van der Waals surface area contributed by atoms with Gasteiger partial charge in [0.25, 0.3) is 0 Å². The van der Waals surface area contributed by atoms with Crippen LogP contribution in [0, 0.1) is 0 Å². The first-order valence-electron chi connectivity index (χ1n) is 9.55. The van der Waals surface area contributed by atoms with Crippen LogP contribution in [-0.4, -0.2) is 40.0 Å². The first-order valence-corrected chi connectivity index (χ1v) is 10.5. The van der Waals surface area contributed by atoms with Crippen molar-refractivity contribution in [2.45, 2.75) is 37.4 Å². The molecule has 1 unspecified atom stereocenters. The van der Waals surface area contributed by atoms with Gasteiger partial charge in [-0.25, -0.2) is 14.5 Å². The molecule has 2 aromatic carbocycles. The predicted octanol–water partition coefficient (Wildman–Crippen LogP) is 4.46. The smallest absolute Gasteiger partial charge is 0.417 e. The van der Waals surface area contributed by atoms with Crippen LogP contribution in [0.4, 0.5) is 9.59 Å². The molecule has 7 nitrogen and oxygen atoms in total. The summed E-state index contributed by atoms with van der Waals surface area (Å²) in [6, 6.07) is 18.7. The van der Waals surface area contributed by atoms with Crippen molar-refractivity contribution in [1.82, 2.24) is 10.2 Å². The highest BCUT2D eigenvalue weighted by Crippen LogP contribution is 2.30. The van der Waals surface area contributed by atoms with E-state index >= 15 is 0 Å². The van der Waals surface area contributed by atoms with Crippen molar-refractivity contribution >= 4 is 34.1 Å². The lowest BCUT2D eigenvalue weighted by Crippen LogP contribution is -2.63. The van der Waals surface area contributed by atoms with Crippen LogP contribution in [-0.2, 0) is 22.7 Å². The molecule has 0 fully saturated rings. The van der Waals surface area contributed by atoms with E-state index in [0.29, 0.717) is 6.54 Å². The number of guanidine groups is 1. The van der Waals surface area contributed by atoms with Crippen LogP contribution in [0.25, 0.3) is 0 Å². The molecular formula is C22H24BrN3O4. The quantitative estimate of drug-likeness (QED) is 0.664. The number of amides is 2. The molecule has 3 rings (SSSR count). The van der Waals surface area contributed by atoms with Gasteiger partial charge in [0.05, 0.1) is 16.9 Å². The van der Waals surface area contributed by atoms with Crippen molar-refractivity contribution in [3.63, 3.8) is 0 Å². The Kier molecular flexibility index (Phi) is 7.10. The van der Waals surface area contributed by atoms with Gasteiger partial charge >= 0.3 is 12.2 Å². The number of hydrogen-bond acceptors (Lipinski definition) is 5. The number of nitrogens with one attached hydrogen (secondary N) is 1. The molecule has 0 aromatic heterocycles. The molecule has 1 aliphatic rings. The molecule has 0 saturated heterocycles. The summed E-state index contributed by atoms with van der Waals surface area (Å²) in [7, 11) is 0. The average Bonchev–Trinajstić information content (AvgIpc) is 2.75. The molecule has 1 aliphatic heterocycles. The zero-order valence-corrected chi connectivity index (χ0v) is 18.5. The number of ether oxygens (including phenoxy) is 2. The van der Waals surface area contributed by atoms with E-state index in [-0.39, 0.29) is 24.0 Å². The molecule has 0 radical (unpaired) electrons. The van der Waals surface area contributed by atoms with Crippen LogP contribution in [0.3, 0.4) is 0 Å². The lowest BCUT2D eigenvalue weighted by molar-refractivity contribution is 0.0845. The van der Waals surface area contributed by atoms with Crippen LogP contribution in [0.15, 0.2) is 65.7 Å². The van der Waals surface area contributed by atoms with Gasteiger partial charge in [-0.2, -0.15) is 0 Å². The van der Waals surface area contributed by atoms with E-state index in [1.165, 1.54) is 4.90 Å². The van der Waals surface area contributed by atoms with E-state index in [0.717, 1.165) is 11.1 Å². The molecule has 158 valence electrons.